The van der Waals surface area contributed by atoms with E-state index < -0.39 is 28.5 Å². The van der Waals surface area contributed by atoms with Crippen molar-refractivity contribution < 1.29 is 22.7 Å². The van der Waals surface area contributed by atoms with E-state index in [1.54, 1.807) is 63.4 Å². The third-order valence-corrected chi connectivity index (χ3v) is 8.58. The second kappa shape index (κ2) is 13.7. The summed E-state index contributed by atoms with van der Waals surface area (Å²) >= 11 is 12.3. The molecule has 0 saturated heterocycles. The van der Waals surface area contributed by atoms with Gasteiger partial charge in [0.25, 0.3) is 10.0 Å². The average molecular weight is 593 g/mol. The molecule has 11 heteroatoms. The number of carbonyl (C=O) groups excluding carboxylic acids is 2. The van der Waals surface area contributed by atoms with Crippen molar-refractivity contribution in [1.29, 1.82) is 0 Å². The van der Waals surface area contributed by atoms with Crippen molar-refractivity contribution in [3.63, 3.8) is 0 Å². The summed E-state index contributed by atoms with van der Waals surface area (Å²) in [6.07, 6.45) is 0.325. The molecule has 208 valence electrons. The standard InChI is InChI=1S/C28H31Cl2N3O5S/c1-4-26(28(35)31-5-2)32(18-20-11-14-22(38-3)15-12-20)27(34)19-33(21-13-16-24(29)25(30)17-21)39(36,37)23-9-7-6-8-10-23/h6-17,26H,4-5,18-19H2,1-3H3,(H,31,35). The van der Waals surface area contributed by atoms with Crippen molar-refractivity contribution in [2.45, 2.75) is 37.8 Å². The molecule has 3 rings (SSSR count). The summed E-state index contributed by atoms with van der Waals surface area (Å²) in [7, 11) is -2.64. The predicted molar refractivity (Wildman–Crippen MR) is 154 cm³/mol. The molecule has 1 N–H and O–H groups in total. The van der Waals surface area contributed by atoms with Gasteiger partial charge in [-0.3, -0.25) is 13.9 Å². The summed E-state index contributed by atoms with van der Waals surface area (Å²) in [5.74, 6) is -0.240. The maximum Gasteiger partial charge on any atom is 0.264 e. The maximum absolute atomic E-state index is 13.9. The summed E-state index contributed by atoms with van der Waals surface area (Å²) in [5, 5.41) is 3.15. The average Bonchev–Trinajstić information content (AvgIpc) is 2.94. The molecule has 0 aliphatic rings. The van der Waals surface area contributed by atoms with Crippen LogP contribution in [0.2, 0.25) is 10.0 Å². The van der Waals surface area contributed by atoms with Crippen LogP contribution in [-0.4, -0.2) is 51.4 Å². The van der Waals surface area contributed by atoms with Crippen LogP contribution in [0.3, 0.4) is 0 Å². The van der Waals surface area contributed by atoms with E-state index >= 15 is 0 Å². The smallest absolute Gasteiger partial charge is 0.264 e. The fourth-order valence-electron chi connectivity index (χ4n) is 4.03. The number of hydrogen-bond donors (Lipinski definition) is 1. The number of nitrogens with zero attached hydrogens (tertiary/aromatic N) is 2. The number of benzene rings is 3. The fourth-order valence-corrected chi connectivity index (χ4v) is 5.75. The van der Waals surface area contributed by atoms with Crippen molar-refractivity contribution in [3.8, 4) is 5.75 Å². The number of nitrogens with one attached hydrogen (secondary N) is 1. The number of rotatable bonds is 12. The lowest BCUT2D eigenvalue weighted by Gasteiger charge is -2.33. The first-order valence-electron chi connectivity index (χ1n) is 12.3. The monoisotopic (exact) mass is 591 g/mol. The van der Waals surface area contributed by atoms with Crippen LogP contribution < -0.4 is 14.4 Å². The Morgan fingerprint density at radius 1 is 0.949 bits per heavy atom. The predicted octanol–water partition coefficient (Wildman–Crippen LogP) is 5.14. The number of likely N-dealkylation sites (N-methyl/N-ethyl adjacent to an activating group) is 1. The van der Waals surface area contributed by atoms with Gasteiger partial charge in [-0.25, -0.2) is 8.42 Å². The molecule has 0 saturated carbocycles. The van der Waals surface area contributed by atoms with E-state index in [9.17, 15) is 18.0 Å². The minimum absolute atomic E-state index is 0.00124. The SMILES string of the molecule is CCNC(=O)C(CC)N(Cc1ccc(OC)cc1)C(=O)CN(c1ccc(Cl)c(Cl)c1)S(=O)(=O)c1ccccc1. The molecule has 0 aliphatic heterocycles. The van der Waals surface area contributed by atoms with Crippen molar-refractivity contribution in [1.82, 2.24) is 10.2 Å². The Bertz CT molecular complexity index is 1390. The zero-order chi connectivity index (χ0) is 28.6. The Balaban J connectivity index is 2.06. The summed E-state index contributed by atoms with van der Waals surface area (Å²) in [5.41, 5.74) is 0.913. The highest BCUT2D eigenvalue weighted by Gasteiger charge is 2.33. The second-order valence-electron chi connectivity index (χ2n) is 8.61. The molecule has 0 spiro atoms. The minimum atomic E-state index is -4.19. The highest BCUT2D eigenvalue weighted by atomic mass is 35.5. The van der Waals surface area contributed by atoms with Gasteiger partial charge in [-0.1, -0.05) is 60.5 Å². The van der Waals surface area contributed by atoms with Crippen molar-refractivity contribution in [2.75, 3.05) is 24.5 Å². The van der Waals surface area contributed by atoms with E-state index in [2.05, 4.69) is 5.32 Å². The molecule has 0 heterocycles. The van der Waals surface area contributed by atoms with Gasteiger partial charge in [0.1, 0.15) is 18.3 Å². The molecule has 0 bridgehead atoms. The maximum atomic E-state index is 13.9. The number of carbonyl (C=O) groups is 2. The second-order valence-corrected chi connectivity index (χ2v) is 11.3. The van der Waals surface area contributed by atoms with Crippen molar-refractivity contribution in [3.05, 3.63) is 88.4 Å². The van der Waals surface area contributed by atoms with Crippen LogP contribution in [0.25, 0.3) is 0 Å². The van der Waals surface area contributed by atoms with Gasteiger partial charge in [-0.2, -0.15) is 0 Å². The van der Waals surface area contributed by atoms with E-state index in [0.29, 0.717) is 18.7 Å². The summed E-state index contributed by atoms with van der Waals surface area (Å²) in [6, 6.07) is 18.4. The van der Waals surface area contributed by atoms with Gasteiger partial charge in [0.05, 0.1) is 27.7 Å². The Labute approximate surface area is 239 Å². The van der Waals surface area contributed by atoms with Crippen LogP contribution >= 0.6 is 23.2 Å². The first kappa shape index (κ1) is 30.3. The Morgan fingerprint density at radius 2 is 1.62 bits per heavy atom. The van der Waals surface area contributed by atoms with E-state index in [0.717, 1.165) is 9.87 Å². The quantitative estimate of drug-likeness (QED) is 0.314. The summed E-state index contributed by atoms with van der Waals surface area (Å²) < 4.78 is 33.8. The van der Waals surface area contributed by atoms with Crippen molar-refractivity contribution >= 4 is 50.7 Å². The van der Waals surface area contributed by atoms with Crippen LogP contribution in [0, 0.1) is 0 Å². The first-order chi connectivity index (χ1) is 18.6. The van der Waals surface area contributed by atoms with Gasteiger partial charge in [0.15, 0.2) is 0 Å². The van der Waals surface area contributed by atoms with Crippen molar-refractivity contribution in [2.24, 2.45) is 0 Å². The number of ether oxygens (including phenoxy) is 1. The van der Waals surface area contributed by atoms with Gasteiger partial charge in [-0.15, -0.1) is 0 Å². The highest BCUT2D eigenvalue weighted by molar-refractivity contribution is 7.92. The molecule has 1 unspecified atom stereocenters. The first-order valence-corrected chi connectivity index (χ1v) is 14.5. The summed E-state index contributed by atoms with van der Waals surface area (Å²) in [4.78, 5) is 28.3. The van der Waals surface area contributed by atoms with Gasteiger partial charge in [0, 0.05) is 13.1 Å². The fraction of sp³-hybridized carbons (Fsp3) is 0.286. The Kier molecular flexibility index (Phi) is 10.6. The van der Waals surface area contributed by atoms with Gasteiger partial charge < -0.3 is 15.0 Å². The number of anilines is 1. The highest BCUT2D eigenvalue weighted by Crippen LogP contribution is 2.31. The number of methoxy groups -OCH3 is 1. The number of halogens is 2. The third-order valence-electron chi connectivity index (χ3n) is 6.05. The third kappa shape index (κ3) is 7.44. The van der Waals surface area contributed by atoms with Gasteiger partial charge >= 0.3 is 0 Å². The van der Waals surface area contributed by atoms with Crippen LogP contribution in [0.4, 0.5) is 5.69 Å². The minimum Gasteiger partial charge on any atom is -0.497 e. The topological polar surface area (TPSA) is 96.0 Å². The molecule has 0 aliphatic carbocycles. The normalized spacial score (nSPS) is 11.9. The Morgan fingerprint density at radius 3 is 2.18 bits per heavy atom. The van der Waals surface area contributed by atoms with E-state index in [1.165, 1.54) is 35.2 Å². The zero-order valence-electron chi connectivity index (χ0n) is 21.9. The largest absolute Gasteiger partial charge is 0.497 e. The van der Waals surface area contributed by atoms with Crippen LogP contribution in [0.5, 0.6) is 5.75 Å². The molecular formula is C28H31Cl2N3O5S. The lowest BCUT2D eigenvalue weighted by atomic mass is 10.1. The van der Waals surface area contributed by atoms with Crippen LogP contribution in [0.15, 0.2) is 77.7 Å². The van der Waals surface area contributed by atoms with Crippen LogP contribution in [0.1, 0.15) is 25.8 Å². The van der Waals surface area contributed by atoms with E-state index in [1.807, 2.05) is 0 Å². The zero-order valence-corrected chi connectivity index (χ0v) is 24.3. The molecule has 0 aromatic heterocycles. The molecule has 39 heavy (non-hydrogen) atoms. The number of hydrogen-bond acceptors (Lipinski definition) is 5. The molecule has 1 atom stereocenters. The molecule has 0 fully saturated rings. The Hall–Kier alpha value is -3.27. The molecule has 3 aromatic rings. The summed E-state index contributed by atoms with van der Waals surface area (Å²) in [6.45, 7) is 3.49. The van der Waals surface area contributed by atoms with E-state index in [4.69, 9.17) is 27.9 Å². The number of sulfonamides is 1. The van der Waals surface area contributed by atoms with E-state index in [-0.39, 0.29) is 33.1 Å². The molecule has 3 aromatic carbocycles. The lowest BCUT2D eigenvalue weighted by Crippen LogP contribution is -2.52. The lowest BCUT2D eigenvalue weighted by molar-refractivity contribution is -0.140. The van der Waals surface area contributed by atoms with Crippen LogP contribution in [-0.2, 0) is 26.2 Å². The van der Waals surface area contributed by atoms with Gasteiger partial charge in [0.2, 0.25) is 11.8 Å². The number of amides is 2. The van der Waals surface area contributed by atoms with Gasteiger partial charge in [-0.05, 0) is 61.4 Å². The molecule has 8 nitrogen and oxygen atoms in total. The molecular weight excluding hydrogens is 561 g/mol. The molecule has 2 amide bonds. The molecule has 0 radical (unpaired) electrons.